The van der Waals surface area contributed by atoms with Gasteiger partial charge < -0.3 is 10.6 Å². The van der Waals surface area contributed by atoms with Gasteiger partial charge in [0.1, 0.15) is 0 Å². The topological polar surface area (TPSA) is 84.3 Å². The lowest BCUT2D eigenvalue weighted by molar-refractivity contribution is -0.384. The van der Waals surface area contributed by atoms with Gasteiger partial charge in [-0.25, -0.2) is 0 Å². The number of amides is 1. The first kappa shape index (κ1) is 16.0. The standard InChI is InChI=1S/C18H19N3O3/c22-18(19-12-13-5-2-1-3-6-13)16-11-15(21(23)24)9-10-17(16)20-14-7-4-8-14/h1-3,5-6,9-11,14,20H,4,7-8,12H2,(H,19,22). The Morgan fingerprint density at radius 3 is 2.54 bits per heavy atom. The summed E-state index contributed by atoms with van der Waals surface area (Å²) in [5, 5.41) is 17.1. The van der Waals surface area contributed by atoms with Crippen LogP contribution in [0.4, 0.5) is 11.4 Å². The lowest BCUT2D eigenvalue weighted by Crippen LogP contribution is -2.29. The number of hydrogen-bond acceptors (Lipinski definition) is 4. The highest BCUT2D eigenvalue weighted by Gasteiger charge is 2.22. The van der Waals surface area contributed by atoms with Crippen molar-refractivity contribution in [2.24, 2.45) is 0 Å². The molecule has 6 nitrogen and oxygen atoms in total. The van der Waals surface area contributed by atoms with Crippen LogP contribution in [-0.4, -0.2) is 16.9 Å². The molecule has 0 aromatic heterocycles. The average Bonchev–Trinajstić information content (AvgIpc) is 2.56. The van der Waals surface area contributed by atoms with Crippen LogP contribution in [0.5, 0.6) is 0 Å². The number of carbonyl (C=O) groups is 1. The zero-order valence-corrected chi connectivity index (χ0v) is 13.2. The maximum absolute atomic E-state index is 12.5. The number of nitro groups is 1. The van der Waals surface area contributed by atoms with Gasteiger partial charge >= 0.3 is 0 Å². The predicted molar refractivity (Wildman–Crippen MR) is 92.0 cm³/mol. The summed E-state index contributed by atoms with van der Waals surface area (Å²) in [5.74, 6) is -0.315. The Morgan fingerprint density at radius 2 is 1.92 bits per heavy atom. The van der Waals surface area contributed by atoms with Crippen molar-refractivity contribution in [1.82, 2.24) is 5.32 Å². The molecule has 2 N–H and O–H groups in total. The summed E-state index contributed by atoms with van der Waals surface area (Å²) in [4.78, 5) is 23.1. The Bertz CT molecular complexity index is 742. The fourth-order valence-corrected chi connectivity index (χ4v) is 2.61. The van der Waals surface area contributed by atoms with Gasteiger partial charge in [-0.2, -0.15) is 0 Å². The molecule has 0 atom stereocenters. The van der Waals surface area contributed by atoms with Crippen molar-refractivity contribution in [1.29, 1.82) is 0 Å². The van der Waals surface area contributed by atoms with Gasteiger partial charge in [-0.15, -0.1) is 0 Å². The summed E-state index contributed by atoms with van der Waals surface area (Å²) < 4.78 is 0. The molecule has 1 amide bonds. The van der Waals surface area contributed by atoms with E-state index in [1.54, 1.807) is 6.07 Å². The van der Waals surface area contributed by atoms with E-state index in [4.69, 9.17) is 0 Å². The van der Waals surface area contributed by atoms with Crippen molar-refractivity contribution in [2.75, 3.05) is 5.32 Å². The normalized spacial score (nSPS) is 13.8. The summed E-state index contributed by atoms with van der Waals surface area (Å²) in [5.41, 5.74) is 1.85. The third kappa shape index (κ3) is 3.71. The molecule has 0 bridgehead atoms. The van der Waals surface area contributed by atoms with Gasteiger partial charge in [0.25, 0.3) is 11.6 Å². The molecule has 6 heteroatoms. The molecule has 0 aliphatic heterocycles. The molecule has 1 aliphatic rings. The van der Waals surface area contributed by atoms with E-state index < -0.39 is 4.92 Å². The molecule has 2 aromatic rings. The fourth-order valence-electron chi connectivity index (χ4n) is 2.61. The first-order valence-corrected chi connectivity index (χ1v) is 8.00. The zero-order valence-electron chi connectivity index (χ0n) is 13.2. The van der Waals surface area contributed by atoms with E-state index in [1.165, 1.54) is 18.6 Å². The van der Waals surface area contributed by atoms with Crippen LogP contribution in [0, 0.1) is 10.1 Å². The minimum absolute atomic E-state index is 0.0842. The first-order chi connectivity index (χ1) is 11.6. The quantitative estimate of drug-likeness (QED) is 0.629. The minimum atomic E-state index is -0.485. The van der Waals surface area contributed by atoms with Gasteiger partial charge in [0.15, 0.2) is 0 Å². The van der Waals surface area contributed by atoms with E-state index in [0.29, 0.717) is 23.8 Å². The van der Waals surface area contributed by atoms with Gasteiger partial charge in [0.2, 0.25) is 0 Å². The molecule has 1 fully saturated rings. The largest absolute Gasteiger partial charge is 0.382 e. The second-order valence-electron chi connectivity index (χ2n) is 5.93. The summed E-state index contributed by atoms with van der Waals surface area (Å²) in [6.45, 7) is 0.380. The number of non-ortho nitro benzene ring substituents is 1. The molecule has 0 radical (unpaired) electrons. The highest BCUT2D eigenvalue weighted by molar-refractivity contribution is 6.00. The highest BCUT2D eigenvalue weighted by atomic mass is 16.6. The maximum Gasteiger partial charge on any atom is 0.270 e. The summed E-state index contributed by atoms with van der Waals surface area (Å²) in [6, 6.07) is 14.3. The van der Waals surface area contributed by atoms with Crippen molar-refractivity contribution in [3.05, 3.63) is 69.8 Å². The Balaban J connectivity index is 1.78. The van der Waals surface area contributed by atoms with Crippen LogP contribution in [-0.2, 0) is 6.54 Å². The molecule has 2 aromatic carbocycles. The summed E-state index contributed by atoms with van der Waals surface area (Å²) >= 11 is 0. The maximum atomic E-state index is 12.5. The number of hydrogen-bond donors (Lipinski definition) is 2. The Labute approximate surface area is 140 Å². The first-order valence-electron chi connectivity index (χ1n) is 8.00. The van der Waals surface area contributed by atoms with Gasteiger partial charge in [0, 0.05) is 30.4 Å². The third-order valence-corrected chi connectivity index (χ3v) is 4.22. The van der Waals surface area contributed by atoms with Crippen molar-refractivity contribution < 1.29 is 9.72 Å². The van der Waals surface area contributed by atoms with Gasteiger partial charge in [-0.3, -0.25) is 14.9 Å². The predicted octanol–water partition coefficient (Wildman–Crippen LogP) is 3.49. The van der Waals surface area contributed by atoms with Crippen molar-refractivity contribution >= 4 is 17.3 Å². The average molecular weight is 325 g/mol. The lowest BCUT2D eigenvalue weighted by atomic mass is 9.92. The molecule has 124 valence electrons. The van der Waals surface area contributed by atoms with Crippen LogP contribution < -0.4 is 10.6 Å². The molecule has 3 rings (SSSR count). The monoisotopic (exact) mass is 325 g/mol. The molecule has 1 aliphatic carbocycles. The second kappa shape index (κ2) is 7.12. The minimum Gasteiger partial charge on any atom is -0.382 e. The number of nitrogens with one attached hydrogen (secondary N) is 2. The molecule has 0 spiro atoms. The number of benzene rings is 2. The second-order valence-corrected chi connectivity index (χ2v) is 5.93. The smallest absolute Gasteiger partial charge is 0.270 e. The molecule has 0 heterocycles. The summed E-state index contributed by atoms with van der Waals surface area (Å²) in [7, 11) is 0. The number of nitrogens with zero attached hydrogens (tertiary/aromatic N) is 1. The lowest BCUT2D eigenvalue weighted by Gasteiger charge is -2.28. The van der Waals surface area contributed by atoms with Gasteiger partial charge in [-0.1, -0.05) is 30.3 Å². The van der Waals surface area contributed by atoms with E-state index >= 15 is 0 Å². The van der Waals surface area contributed by atoms with Crippen LogP contribution in [0.15, 0.2) is 48.5 Å². The van der Waals surface area contributed by atoms with Gasteiger partial charge in [0.05, 0.1) is 10.5 Å². The molecular formula is C18H19N3O3. The van der Waals surface area contributed by atoms with E-state index in [0.717, 1.165) is 18.4 Å². The highest BCUT2D eigenvalue weighted by Crippen LogP contribution is 2.28. The molecule has 0 unspecified atom stereocenters. The van der Waals surface area contributed by atoms with Gasteiger partial charge in [-0.05, 0) is 30.9 Å². The number of nitro benzene ring substituents is 1. The summed E-state index contributed by atoms with van der Waals surface area (Å²) in [6.07, 6.45) is 3.28. The Hall–Kier alpha value is -2.89. The Kier molecular flexibility index (Phi) is 4.74. The van der Waals surface area contributed by atoms with Crippen LogP contribution >= 0.6 is 0 Å². The third-order valence-electron chi connectivity index (χ3n) is 4.22. The van der Waals surface area contributed by atoms with Crippen molar-refractivity contribution in [3.63, 3.8) is 0 Å². The van der Waals surface area contributed by atoms with Crippen LogP contribution in [0.25, 0.3) is 0 Å². The number of anilines is 1. The molecular weight excluding hydrogens is 306 g/mol. The van der Waals surface area contributed by atoms with E-state index in [9.17, 15) is 14.9 Å². The zero-order chi connectivity index (χ0) is 16.9. The number of carbonyl (C=O) groups excluding carboxylic acids is 1. The van der Waals surface area contributed by atoms with Crippen LogP contribution in [0.2, 0.25) is 0 Å². The van der Waals surface area contributed by atoms with Crippen LogP contribution in [0.3, 0.4) is 0 Å². The van der Waals surface area contributed by atoms with Crippen molar-refractivity contribution in [3.8, 4) is 0 Å². The number of rotatable bonds is 6. The SMILES string of the molecule is O=C(NCc1ccccc1)c1cc([N+](=O)[O-])ccc1NC1CCC1. The Morgan fingerprint density at radius 1 is 1.17 bits per heavy atom. The fraction of sp³-hybridized carbons (Fsp3) is 0.278. The van der Waals surface area contributed by atoms with E-state index in [1.807, 2.05) is 30.3 Å². The van der Waals surface area contributed by atoms with Crippen molar-refractivity contribution in [2.45, 2.75) is 31.8 Å². The molecule has 24 heavy (non-hydrogen) atoms. The molecule has 1 saturated carbocycles. The van der Waals surface area contributed by atoms with Crippen LogP contribution in [0.1, 0.15) is 35.2 Å². The molecule has 0 saturated heterocycles. The van der Waals surface area contributed by atoms with E-state index in [2.05, 4.69) is 10.6 Å². The van der Waals surface area contributed by atoms with E-state index in [-0.39, 0.29) is 11.6 Å².